The Morgan fingerprint density at radius 1 is 1.33 bits per heavy atom. The number of benzene rings is 1. The molecule has 1 aromatic carbocycles. The van der Waals surface area contributed by atoms with Crippen LogP contribution in [0, 0.1) is 5.92 Å². The molecule has 0 amide bonds. The van der Waals surface area contributed by atoms with Gasteiger partial charge in [0.2, 0.25) is 0 Å². The number of hydrogen-bond acceptors (Lipinski definition) is 2. The molecule has 2 nitrogen and oxygen atoms in total. The van der Waals surface area contributed by atoms with Crippen LogP contribution in [0.5, 0.6) is 5.75 Å². The van der Waals surface area contributed by atoms with Gasteiger partial charge in [-0.15, -0.1) is 0 Å². The van der Waals surface area contributed by atoms with E-state index < -0.39 is 11.7 Å². The molecule has 0 saturated carbocycles. The fraction of sp³-hybridized carbons (Fsp3) is 0.538. The van der Waals surface area contributed by atoms with Gasteiger partial charge in [0.05, 0.1) is 12.2 Å². The average Bonchev–Trinajstić information content (AvgIpc) is 2.37. The zero-order valence-electron chi connectivity index (χ0n) is 9.96. The van der Waals surface area contributed by atoms with E-state index in [-0.39, 0.29) is 5.75 Å². The Labute approximate surface area is 104 Å². The zero-order valence-corrected chi connectivity index (χ0v) is 9.96. The van der Waals surface area contributed by atoms with Gasteiger partial charge in [0, 0.05) is 12.5 Å². The second-order valence-corrected chi connectivity index (χ2v) is 4.55. The Balaban J connectivity index is 1.92. The molecule has 1 unspecified atom stereocenters. The van der Waals surface area contributed by atoms with Crippen LogP contribution in [-0.2, 0) is 6.18 Å². The second kappa shape index (κ2) is 5.61. The third-order valence-corrected chi connectivity index (χ3v) is 3.05. The number of hydrogen-bond donors (Lipinski definition) is 1. The zero-order chi connectivity index (χ0) is 13.0. The van der Waals surface area contributed by atoms with Crippen LogP contribution in [0.15, 0.2) is 24.3 Å². The van der Waals surface area contributed by atoms with Crippen LogP contribution < -0.4 is 10.1 Å². The van der Waals surface area contributed by atoms with Gasteiger partial charge in [0.1, 0.15) is 5.75 Å². The fourth-order valence-corrected chi connectivity index (χ4v) is 2.04. The maximum absolute atomic E-state index is 12.5. The quantitative estimate of drug-likeness (QED) is 0.900. The number of rotatable bonds is 3. The molecule has 1 heterocycles. The van der Waals surface area contributed by atoms with E-state index in [0.29, 0.717) is 12.5 Å². The molecular formula is C13H16F3NO. The monoisotopic (exact) mass is 259 g/mol. The summed E-state index contributed by atoms with van der Waals surface area (Å²) in [6.45, 7) is 2.35. The molecule has 1 fully saturated rings. The lowest BCUT2D eigenvalue weighted by Gasteiger charge is -2.22. The van der Waals surface area contributed by atoms with Crippen LogP contribution >= 0.6 is 0 Å². The predicted molar refractivity (Wildman–Crippen MR) is 62.5 cm³/mol. The summed E-state index contributed by atoms with van der Waals surface area (Å²) in [5.74, 6) is 0.670. The molecule has 1 aliphatic heterocycles. The van der Waals surface area contributed by atoms with Gasteiger partial charge >= 0.3 is 6.18 Å². The third-order valence-electron chi connectivity index (χ3n) is 3.05. The smallest absolute Gasteiger partial charge is 0.416 e. The Kier molecular flexibility index (Phi) is 4.11. The van der Waals surface area contributed by atoms with Crippen molar-refractivity contribution < 1.29 is 17.9 Å². The van der Waals surface area contributed by atoms with Crippen LogP contribution in [-0.4, -0.2) is 19.7 Å². The summed E-state index contributed by atoms with van der Waals surface area (Å²) in [6.07, 6.45) is -2.16. The summed E-state index contributed by atoms with van der Waals surface area (Å²) in [5, 5.41) is 3.25. The van der Waals surface area contributed by atoms with Gasteiger partial charge in [-0.05, 0) is 37.6 Å². The lowest BCUT2D eigenvalue weighted by atomic mass is 10.0. The van der Waals surface area contributed by atoms with E-state index in [1.54, 1.807) is 6.07 Å². The topological polar surface area (TPSA) is 21.3 Å². The van der Waals surface area contributed by atoms with E-state index in [9.17, 15) is 13.2 Å². The van der Waals surface area contributed by atoms with Gasteiger partial charge in [-0.2, -0.15) is 13.2 Å². The minimum Gasteiger partial charge on any atom is -0.493 e. The first-order chi connectivity index (χ1) is 8.55. The summed E-state index contributed by atoms with van der Waals surface area (Å²) >= 11 is 0. The Morgan fingerprint density at radius 2 is 2.17 bits per heavy atom. The highest BCUT2D eigenvalue weighted by molar-refractivity contribution is 5.30. The van der Waals surface area contributed by atoms with Gasteiger partial charge in [-0.25, -0.2) is 0 Å². The van der Waals surface area contributed by atoms with Gasteiger partial charge in [-0.1, -0.05) is 6.07 Å². The first-order valence-corrected chi connectivity index (χ1v) is 6.06. The standard InChI is InChI=1S/C13H16F3NO/c14-13(15,16)11-4-1-5-12(7-11)18-9-10-3-2-6-17-8-10/h1,4-5,7,10,17H,2-3,6,8-9H2. The molecule has 0 bridgehead atoms. The SMILES string of the molecule is FC(F)(F)c1cccc(OCC2CCCNC2)c1. The molecule has 2 rings (SSSR count). The minimum atomic E-state index is -4.31. The highest BCUT2D eigenvalue weighted by Gasteiger charge is 2.30. The van der Waals surface area contributed by atoms with Crippen molar-refractivity contribution in [3.05, 3.63) is 29.8 Å². The van der Waals surface area contributed by atoms with E-state index in [2.05, 4.69) is 5.32 Å². The van der Waals surface area contributed by atoms with E-state index in [0.717, 1.165) is 38.1 Å². The molecule has 5 heteroatoms. The Hall–Kier alpha value is -1.23. The highest BCUT2D eigenvalue weighted by atomic mass is 19.4. The van der Waals surface area contributed by atoms with Crippen molar-refractivity contribution in [3.8, 4) is 5.75 Å². The molecule has 1 N–H and O–H groups in total. The van der Waals surface area contributed by atoms with Gasteiger partial charge < -0.3 is 10.1 Å². The van der Waals surface area contributed by atoms with Crippen molar-refractivity contribution in [2.24, 2.45) is 5.92 Å². The largest absolute Gasteiger partial charge is 0.493 e. The van der Waals surface area contributed by atoms with Gasteiger partial charge in [0.15, 0.2) is 0 Å². The van der Waals surface area contributed by atoms with Crippen molar-refractivity contribution in [1.82, 2.24) is 5.32 Å². The van der Waals surface area contributed by atoms with Crippen LogP contribution in [0.4, 0.5) is 13.2 Å². The summed E-state index contributed by atoms with van der Waals surface area (Å²) in [4.78, 5) is 0. The summed E-state index contributed by atoms with van der Waals surface area (Å²) in [7, 11) is 0. The van der Waals surface area contributed by atoms with Gasteiger partial charge in [-0.3, -0.25) is 0 Å². The Morgan fingerprint density at radius 3 is 2.83 bits per heavy atom. The summed E-state index contributed by atoms with van der Waals surface area (Å²) < 4.78 is 42.9. The first kappa shape index (κ1) is 13.2. The maximum atomic E-state index is 12.5. The molecule has 0 spiro atoms. The number of nitrogens with one attached hydrogen (secondary N) is 1. The second-order valence-electron chi connectivity index (χ2n) is 4.55. The van der Waals surface area contributed by atoms with Crippen LogP contribution in [0.1, 0.15) is 18.4 Å². The normalized spacial score (nSPS) is 20.7. The highest BCUT2D eigenvalue weighted by Crippen LogP contribution is 2.31. The number of halogens is 3. The maximum Gasteiger partial charge on any atom is 0.416 e. The van der Waals surface area contributed by atoms with E-state index in [4.69, 9.17) is 4.74 Å². The van der Waals surface area contributed by atoms with Crippen molar-refractivity contribution in [2.75, 3.05) is 19.7 Å². The Bertz CT molecular complexity index is 386. The van der Waals surface area contributed by atoms with E-state index in [1.165, 1.54) is 6.07 Å². The average molecular weight is 259 g/mol. The molecular weight excluding hydrogens is 243 g/mol. The van der Waals surface area contributed by atoms with E-state index >= 15 is 0 Å². The molecule has 1 aromatic rings. The van der Waals surface area contributed by atoms with Crippen molar-refractivity contribution in [1.29, 1.82) is 0 Å². The first-order valence-electron chi connectivity index (χ1n) is 6.06. The molecule has 18 heavy (non-hydrogen) atoms. The summed E-state index contributed by atoms with van der Waals surface area (Å²) in [5.41, 5.74) is -0.665. The van der Waals surface area contributed by atoms with Crippen LogP contribution in [0.3, 0.4) is 0 Å². The van der Waals surface area contributed by atoms with Crippen molar-refractivity contribution in [2.45, 2.75) is 19.0 Å². The van der Waals surface area contributed by atoms with E-state index in [1.807, 2.05) is 0 Å². The molecule has 1 aliphatic rings. The van der Waals surface area contributed by atoms with Crippen molar-refractivity contribution in [3.63, 3.8) is 0 Å². The fourth-order valence-electron chi connectivity index (χ4n) is 2.04. The number of ether oxygens (including phenoxy) is 1. The molecule has 0 aromatic heterocycles. The third kappa shape index (κ3) is 3.63. The lowest BCUT2D eigenvalue weighted by molar-refractivity contribution is -0.137. The molecule has 1 atom stereocenters. The molecule has 0 aliphatic carbocycles. The number of piperidine rings is 1. The van der Waals surface area contributed by atoms with Crippen LogP contribution in [0.25, 0.3) is 0 Å². The predicted octanol–water partition coefficient (Wildman–Crippen LogP) is 3.08. The van der Waals surface area contributed by atoms with Crippen LogP contribution in [0.2, 0.25) is 0 Å². The lowest BCUT2D eigenvalue weighted by Crippen LogP contribution is -2.33. The minimum absolute atomic E-state index is 0.287. The summed E-state index contributed by atoms with van der Waals surface area (Å²) in [6, 6.07) is 5.04. The van der Waals surface area contributed by atoms with Gasteiger partial charge in [0.25, 0.3) is 0 Å². The molecule has 100 valence electrons. The molecule has 0 radical (unpaired) electrons. The van der Waals surface area contributed by atoms with Crippen molar-refractivity contribution >= 4 is 0 Å². The number of alkyl halides is 3. The molecule has 1 saturated heterocycles.